The Balaban J connectivity index is 2.56. The quantitative estimate of drug-likeness (QED) is 0.702. The lowest BCUT2D eigenvalue weighted by atomic mass is 9.68. The smallest absolute Gasteiger partial charge is 0.00895 e. The summed E-state index contributed by atoms with van der Waals surface area (Å²) in [5, 5.41) is 0. The molecule has 0 heterocycles. The van der Waals surface area contributed by atoms with Crippen molar-refractivity contribution in [3.8, 4) is 0 Å². The van der Waals surface area contributed by atoms with Crippen molar-refractivity contribution in [1.29, 1.82) is 0 Å². The van der Waals surface area contributed by atoms with Gasteiger partial charge in [0.05, 0.1) is 0 Å². The van der Waals surface area contributed by atoms with Crippen molar-refractivity contribution in [2.24, 2.45) is 5.41 Å². The molecular formula is C16H35N3. The average molecular weight is 269 g/mol. The monoisotopic (exact) mass is 269 g/mol. The van der Waals surface area contributed by atoms with Crippen LogP contribution in [0.2, 0.25) is 0 Å². The molecule has 0 radical (unpaired) electrons. The first-order chi connectivity index (χ1) is 8.84. The molecule has 0 amide bonds. The fraction of sp³-hybridized carbons (Fsp3) is 1.00. The highest BCUT2D eigenvalue weighted by Gasteiger charge is 2.35. The van der Waals surface area contributed by atoms with E-state index in [2.05, 4.69) is 57.0 Å². The molecule has 0 bridgehead atoms. The van der Waals surface area contributed by atoms with Gasteiger partial charge in [0.2, 0.25) is 0 Å². The Labute approximate surface area is 120 Å². The SMILES string of the molecule is CN(C)CCC1(CCN(C)C)CCC(N(C)C)CC1. The predicted molar refractivity (Wildman–Crippen MR) is 84.7 cm³/mol. The maximum atomic E-state index is 2.42. The van der Waals surface area contributed by atoms with Crippen molar-refractivity contribution in [2.75, 3.05) is 55.4 Å². The van der Waals surface area contributed by atoms with E-state index in [0.29, 0.717) is 5.41 Å². The lowest BCUT2D eigenvalue weighted by molar-refractivity contribution is 0.0841. The van der Waals surface area contributed by atoms with Gasteiger partial charge in [-0.05, 0) is 99.3 Å². The van der Waals surface area contributed by atoms with Crippen molar-refractivity contribution in [3.63, 3.8) is 0 Å². The molecule has 0 saturated heterocycles. The molecule has 114 valence electrons. The van der Waals surface area contributed by atoms with Gasteiger partial charge in [0.15, 0.2) is 0 Å². The van der Waals surface area contributed by atoms with Gasteiger partial charge < -0.3 is 14.7 Å². The standard InChI is InChI=1S/C16H35N3/c1-17(2)13-11-16(12-14-18(3)4)9-7-15(8-10-16)19(5)6/h15H,7-14H2,1-6H3. The molecule has 1 aliphatic rings. The van der Waals surface area contributed by atoms with E-state index >= 15 is 0 Å². The summed E-state index contributed by atoms with van der Waals surface area (Å²) in [5.74, 6) is 0. The number of hydrogen-bond donors (Lipinski definition) is 0. The maximum Gasteiger partial charge on any atom is 0.00895 e. The van der Waals surface area contributed by atoms with Crippen LogP contribution < -0.4 is 0 Å². The van der Waals surface area contributed by atoms with Crippen LogP contribution in [0, 0.1) is 5.41 Å². The van der Waals surface area contributed by atoms with Crippen LogP contribution in [-0.2, 0) is 0 Å². The van der Waals surface area contributed by atoms with E-state index in [0.717, 1.165) is 6.04 Å². The molecule has 19 heavy (non-hydrogen) atoms. The van der Waals surface area contributed by atoms with Crippen molar-refractivity contribution < 1.29 is 0 Å². The van der Waals surface area contributed by atoms with Crippen LogP contribution >= 0.6 is 0 Å². The van der Waals surface area contributed by atoms with Gasteiger partial charge in [-0.1, -0.05) is 0 Å². The van der Waals surface area contributed by atoms with Crippen LogP contribution in [0.25, 0.3) is 0 Å². The van der Waals surface area contributed by atoms with E-state index < -0.39 is 0 Å². The molecule has 0 aromatic heterocycles. The Hall–Kier alpha value is -0.120. The molecule has 0 unspecified atom stereocenters. The number of rotatable bonds is 7. The lowest BCUT2D eigenvalue weighted by Gasteiger charge is -2.43. The van der Waals surface area contributed by atoms with E-state index in [9.17, 15) is 0 Å². The Kier molecular flexibility index (Phi) is 6.78. The second-order valence-corrected chi connectivity index (χ2v) is 7.30. The highest BCUT2D eigenvalue weighted by molar-refractivity contribution is 4.89. The molecule has 0 aromatic rings. The second kappa shape index (κ2) is 7.61. The van der Waals surface area contributed by atoms with Crippen LogP contribution in [0.5, 0.6) is 0 Å². The van der Waals surface area contributed by atoms with Gasteiger partial charge >= 0.3 is 0 Å². The molecule has 0 atom stereocenters. The molecule has 1 fully saturated rings. The molecule has 3 nitrogen and oxygen atoms in total. The van der Waals surface area contributed by atoms with E-state index in [4.69, 9.17) is 0 Å². The van der Waals surface area contributed by atoms with Gasteiger partial charge in [-0.2, -0.15) is 0 Å². The van der Waals surface area contributed by atoms with Gasteiger partial charge in [-0.3, -0.25) is 0 Å². The molecular weight excluding hydrogens is 234 g/mol. The van der Waals surface area contributed by atoms with Crippen LogP contribution in [0.1, 0.15) is 38.5 Å². The van der Waals surface area contributed by atoms with Crippen LogP contribution in [0.15, 0.2) is 0 Å². The van der Waals surface area contributed by atoms with E-state index in [-0.39, 0.29) is 0 Å². The summed E-state index contributed by atoms with van der Waals surface area (Å²) in [4.78, 5) is 7.10. The summed E-state index contributed by atoms with van der Waals surface area (Å²) in [5.41, 5.74) is 0.598. The normalized spacial score (nSPS) is 20.7. The number of hydrogen-bond acceptors (Lipinski definition) is 3. The molecule has 1 rings (SSSR count). The van der Waals surface area contributed by atoms with Crippen LogP contribution in [0.3, 0.4) is 0 Å². The highest BCUT2D eigenvalue weighted by atomic mass is 15.1. The fourth-order valence-electron chi connectivity index (χ4n) is 3.28. The van der Waals surface area contributed by atoms with Gasteiger partial charge in [0, 0.05) is 6.04 Å². The largest absolute Gasteiger partial charge is 0.309 e. The van der Waals surface area contributed by atoms with Crippen molar-refractivity contribution in [1.82, 2.24) is 14.7 Å². The third-order valence-corrected chi connectivity index (χ3v) is 4.92. The Morgan fingerprint density at radius 1 is 0.789 bits per heavy atom. The van der Waals surface area contributed by atoms with E-state index in [1.165, 1.54) is 51.6 Å². The first-order valence-corrected chi connectivity index (χ1v) is 7.80. The van der Waals surface area contributed by atoms with Gasteiger partial charge in [-0.25, -0.2) is 0 Å². The molecule has 0 aliphatic heterocycles. The summed E-state index contributed by atoms with van der Waals surface area (Å²) in [6.07, 6.45) is 8.33. The first kappa shape index (κ1) is 16.9. The summed E-state index contributed by atoms with van der Waals surface area (Å²) >= 11 is 0. The van der Waals surface area contributed by atoms with Gasteiger partial charge in [0.1, 0.15) is 0 Å². The van der Waals surface area contributed by atoms with Crippen LogP contribution in [0.4, 0.5) is 0 Å². The van der Waals surface area contributed by atoms with E-state index in [1.807, 2.05) is 0 Å². The zero-order chi connectivity index (χ0) is 14.5. The highest BCUT2D eigenvalue weighted by Crippen LogP contribution is 2.43. The van der Waals surface area contributed by atoms with Crippen molar-refractivity contribution >= 4 is 0 Å². The van der Waals surface area contributed by atoms with Crippen LogP contribution in [-0.4, -0.2) is 76.1 Å². The molecule has 3 heteroatoms. The summed E-state index contributed by atoms with van der Waals surface area (Å²) in [6, 6.07) is 0.812. The third-order valence-electron chi connectivity index (χ3n) is 4.92. The molecule has 0 aromatic carbocycles. The lowest BCUT2D eigenvalue weighted by Crippen LogP contribution is -2.39. The first-order valence-electron chi connectivity index (χ1n) is 7.80. The third kappa shape index (κ3) is 5.80. The summed E-state index contributed by atoms with van der Waals surface area (Å²) < 4.78 is 0. The molecule has 1 aliphatic carbocycles. The van der Waals surface area contributed by atoms with Crippen molar-refractivity contribution in [2.45, 2.75) is 44.6 Å². The topological polar surface area (TPSA) is 9.72 Å². The summed E-state index contributed by atoms with van der Waals surface area (Å²) in [6.45, 7) is 2.47. The van der Waals surface area contributed by atoms with Gasteiger partial charge in [-0.15, -0.1) is 0 Å². The average Bonchev–Trinajstić information content (AvgIpc) is 2.35. The minimum atomic E-state index is 0.598. The molecule has 1 saturated carbocycles. The van der Waals surface area contributed by atoms with Gasteiger partial charge in [0.25, 0.3) is 0 Å². The fourth-order valence-corrected chi connectivity index (χ4v) is 3.28. The molecule has 0 spiro atoms. The Morgan fingerprint density at radius 2 is 1.21 bits per heavy atom. The van der Waals surface area contributed by atoms with E-state index in [1.54, 1.807) is 0 Å². The van der Waals surface area contributed by atoms with Crippen molar-refractivity contribution in [3.05, 3.63) is 0 Å². The minimum absolute atomic E-state index is 0.598. The molecule has 0 N–H and O–H groups in total. The minimum Gasteiger partial charge on any atom is -0.309 e. The zero-order valence-corrected chi connectivity index (χ0v) is 14.1. The number of nitrogens with zero attached hydrogens (tertiary/aromatic N) is 3. The Bertz CT molecular complexity index is 226. The Morgan fingerprint density at radius 3 is 1.53 bits per heavy atom. The predicted octanol–water partition coefficient (Wildman–Crippen LogP) is 2.38. The summed E-state index contributed by atoms with van der Waals surface area (Å²) in [7, 11) is 13.3. The second-order valence-electron chi connectivity index (χ2n) is 7.30. The maximum absolute atomic E-state index is 2.42. The zero-order valence-electron chi connectivity index (χ0n) is 14.1.